The zero-order valence-electron chi connectivity index (χ0n) is 10.9. The first-order valence-corrected chi connectivity index (χ1v) is 6.71. The summed E-state index contributed by atoms with van der Waals surface area (Å²) in [4.78, 5) is 14.4. The predicted octanol–water partition coefficient (Wildman–Crippen LogP) is 2.37. The van der Waals surface area contributed by atoms with Crippen molar-refractivity contribution in [3.63, 3.8) is 0 Å². The van der Waals surface area contributed by atoms with Gasteiger partial charge in [0, 0.05) is 24.8 Å². The number of hydrogen-bond donors (Lipinski definition) is 1. The smallest absolute Gasteiger partial charge is 0.254 e. The minimum atomic E-state index is 0.108. The second-order valence-electron chi connectivity index (χ2n) is 5.03. The van der Waals surface area contributed by atoms with Gasteiger partial charge in [-0.05, 0) is 44.7 Å². The van der Waals surface area contributed by atoms with Gasteiger partial charge in [-0.3, -0.25) is 4.79 Å². The monoisotopic (exact) mass is 247 g/mol. The molecule has 1 fully saturated rings. The van der Waals surface area contributed by atoms with Gasteiger partial charge in [0.2, 0.25) is 0 Å². The Labute approximate surface area is 108 Å². The normalized spacial score (nSPS) is 19.9. The summed E-state index contributed by atoms with van der Waals surface area (Å²) in [5, 5.41) is 9.09. The van der Waals surface area contributed by atoms with Crippen molar-refractivity contribution in [2.75, 3.05) is 13.2 Å². The highest BCUT2D eigenvalue weighted by Gasteiger charge is 2.26. The molecular formula is C15H21NO2. The predicted molar refractivity (Wildman–Crippen MR) is 71.6 cm³/mol. The lowest BCUT2D eigenvalue weighted by molar-refractivity contribution is 0.0574. The number of aryl methyl sites for hydroxylation is 1. The van der Waals surface area contributed by atoms with E-state index in [-0.39, 0.29) is 18.6 Å². The van der Waals surface area contributed by atoms with Gasteiger partial charge in [0.05, 0.1) is 0 Å². The Balaban J connectivity index is 2.15. The number of aliphatic hydroxyl groups is 1. The Morgan fingerprint density at radius 2 is 2.28 bits per heavy atom. The molecule has 0 aromatic heterocycles. The van der Waals surface area contributed by atoms with E-state index >= 15 is 0 Å². The van der Waals surface area contributed by atoms with Gasteiger partial charge in [0.25, 0.3) is 5.91 Å². The second-order valence-corrected chi connectivity index (χ2v) is 5.03. The zero-order chi connectivity index (χ0) is 13.0. The van der Waals surface area contributed by atoms with E-state index in [2.05, 4.69) is 0 Å². The fraction of sp³-hybridized carbons (Fsp3) is 0.533. The minimum absolute atomic E-state index is 0.108. The second kappa shape index (κ2) is 6.01. The maximum atomic E-state index is 12.5. The van der Waals surface area contributed by atoms with Gasteiger partial charge in [-0.1, -0.05) is 17.7 Å². The van der Waals surface area contributed by atoms with Crippen molar-refractivity contribution in [1.82, 2.24) is 4.90 Å². The van der Waals surface area contributed by atoms with Gasteiger partial charge >= 0.3 is 0 Å². The summed E-state index contributed by atoms with van der Waals surface area (Å²) in [6, 6.07) is 7.94. The molecule has 98 valence electrons. The van der Waals surface area contributed by atoms with Gasteiger partial charge in [-0.15, -0.1) is 0 Å². The SMILES string of the molecule is Cc1cccc(C(=O)N2CCCC[C@H]2CCO)c1. The number of piperidine rings is 1. The van der Waals surface area contributed by atoms with Gasteiger partial charge in [0.15, 0.2) is 0 Å². The molecule has 0 saturated carbocycles. The largest absolute Gasteiger partial charge is 0.396 e. The van der Waals surface area contributed by atoms with E-state index in [4.69, 9.17) is 5.11 Å². The number of benzene rings is 1. The molecule has 1 amide bonds. The van der Waals surface area contributed by atoms with Crippen LogP contribution in [0.15, 0.2) is 24.3 Å². The quantitative estimate of drug-likeness (QED) is 0.891. The Morgan fingerprint density at radius 3 is 3.00 bits per heavy atom. The number of amides is 1. The summed E-state index contributed by atoms with van der Waals surface area (Å²) in [5.41, 5.74) is 1.87. The van der Waals surface area contributed by atoms with Crippen molar-refractivity contribution in [2.24, 2.45) is 0 Å². The van der Waals surface area contributed by atoms with E-state index in [1.807, 2.05) is 36.1 Å². The summed E-state index contributed by atoms with van der Waals surface area (Å²) in [7, 11) is 0. The lowest BCUT2D eigenvalue weighted by Gasteiger charge is -2.35. The first-order chi connectivity index (χ1) is 8.72. The van der Waals surface area contributed by atoms with E-state index < -0.39 is 0 Å². The molecular weight excluding hydrogens is 226 g/mol. The molecule has 0 spiro atoms. The van der Waals surface area contributed by atoms with Crippen molar-refractivity contribution in [3.8, 4) is 0 Å². The van der Waals surface area contributed by atoms with E-state index in [9.17, 15) is 4.79 Å². The highest BCUT2D eigenvalue weighted by molar-refractivity contribution is 5.94. The topological polar surface area (TPSA) is 40.5 Å². The number of aliphatic hydroxyl groups excluding tert-OH is 1. The van der Waals surface area contributed by atoms with Crippen molar-refractivity contribution in [3.05, 3.63) is 35.4 Å². The Bertz CT molecular complexity index is 415. The standard InChI is InChI=1S/C15H21NO2/c1-12-5-4-6-13(11-12)15(18)16-9-3-2-7-14(16)8-10-17/h4-6,11,14,17H,2-3,7-10H2,1H3/t14-/m0/s1. The third-order valence-corrected chi connectivity index (χ3v) is 3.62. The number of carbonyl (C=O) groups is 1. The molecule has 3 heteroatoms. The molecule has 1 N–H and O–H groups in total. The highest BCUT2D eigenvalue weighted by Crippen LogP contribution is 2.22. The lowest BCUT2D eigenvalue weighted by atomic mass is 9.98. The first-order valence-electron chi connectivity index (χ1n) is 6.71. The van der Waals surface area contributed by atoms with Gasteiger partial charge in [0.1, 0.15) is 0 Å². The first kappa shape index (κ1) is 13.1. The van der Waals surface area contributed by atoms with Crippen LogP contribution in [0.2, 0.25) is 0 Å². The van der Waals surface area contributed by atoms with Crippen LogP contribution in [0.25, 0.3) is 0 Å². The van der Waals surface area contributed by atoms with E-state index in [0.717, 1.165) is 36.9 Å². The molecule has 0 bridgehead atoms. The average molecular weight is 247 g/mol. The fourth-order valence-corrected chi connectivity index (χ4v) is 2.66. The molecule has 2 rings (SSSR count). The van der Waals surface area contributed by atoms with E-state index in [0.29, 0.717) is 6.42 Å². The molecule has 0 radical (unpaired) electrons. The maximum absolute atomic E-state index is 12.5. The highest BCUT2D eigenvalue weighted by atomic mass is 16.3. The number of nitrogens with zero attached hydrogens (tertiary/aromatic N) is 1. The van der Waals surface area contributed by atoms with Crippen LogP contribution in [-0.2, 0) is 0 Å². The van der Waals surface area contributed by atoms with Crippen molar-refractivity contribution < 1.29 is 9.90 Å². The molecule has 1 aromatic carbocycles. The Morgan fingerprint density at radius 1 is 1.44 bits per heavy atom. The number of hydrogen-bond acceptors (Lipinski definition) is 2. The van der Waals surface area contributed by atoms with Crippen molar-refractivity contribution >= 4 is 5.91 Å². The van der Waals surface area contributed by atoms with Crippen molar-refractivity contribution in [1.29, 1.82) is 0 Å². The van der Waals surface area contributed by atoms with Crippen LogP contribution in [0.5, 0.6) is 0 Å². The van der Waals surface area contributed by atoms with Gasteiger partial charge < -0.3 is 10.0 Å². The minimum Gasteiger partial charge on any atom is -0.396 e. The third-order valence-electron chi connectivity index (χ3n) is 3.62. The fourth-order valence-electron chi connectivity index (χ4n) is 2.66. The number of likely N-dealkylation sites (tertiary alicyclic amines) is 1. The maximum Gasteiger partial charge on any atom is 0.254 e. The number of carbonyl (C=O) groups excluding carboxylic acids is 1. The molecule has 18 heavy (non-hydrogen) atoms. The molecule has 1 aliphatic heterocycles. The van der Waals surface area contributed by atoms with Crippen LogP contribution in [-0.4, -0.2) is 35.1 Å². The molecule has 0 aliphatic carbocycles. The van der Waals surface area contributed by atoms with Crippen LogP contribution in [0.3, 0.4) is 0 Å². The summed E-state index contributed by atoms with van der Waals surface area (Å²) in [6.45, 7) is 2.97. The van der Waals surface area contributed by atoms with Crippen molar-refractivity contribution in [2.45, 2.75) is 38.6 Å². The third kappa shape index (κ3) is 2.91. The summed E-state index contributed by atoms with van der Waals surface area (Å²) in [6.07, 6.45) is 3.93. The van der Waals surface area contributed by atoms with Crippen LogP contribution in [0.1, 0.15) is 41.6 Å². The molecule has 1 aliphatic rings. The zero-order valence-corrected chi connectivity index (χ0v) is 10.9. The molecule has 1 saturated heterocycles. The van der Waals surface area contributed by atoms with Crippen LogP contribution >= 0.6 is 0 Å². The Hall–Kier alpha value is -1.35. The molecule has 1 atom stereocenters. The van der Waals surface area contributed by atoms with Crippen LogP contribution in [0, 0.1) is 6.92 Å². The number of rotatable bonds is 3. The summed E-state index contributed by atoms with van der Waals surface area (Å²) in [5.74, 6) is 0.108. The molecule has 1 heterocycles. The average Bonchev–Trinajstić information content (AvgIpc) is 2.39. The Kier molecular flexibility index (Phi) is 4.37. The van der Waals surface area contributed by atoms with Gasteiger partial charge in [-0.25, -0.2) is 0 Å². The molecule has 0 unspecified atom stereocenters. The summed E-state index contributed by atoms with van der Waals surface area (Å²) < 4.78 is 0. The lowest BCUT2D eigenvalue weighted by Crippen LogP contribution is -2.44. The summed E-state index contributed by atoms with van der Waals surface area (Å²) >= 11 is 0. The van der Waals surface area contributed by atoms with E-state index in [1.165, 1.54) is 0 Å². The molecule has 3 nitrogen and oxygen atoms in total. The molecule has 1 aromatic rings. The van der Waals surface area contributed by atoms with Crippen LogP contribution in [0.4, 0.5) is 0 Å². The van der Waals surface area contributed by atoms with Gasteiger partial charge in [-0.2, -0.15) is 0 Å². The van der Waals surface area contributed by atoms with Crippen LogP contribution < -0.4 is 0 Å². The van der Waals surface area contributed by atoms with E-state index in [1.54, 1.807) is 0 Å².